The summed E-state index contributed by atoms with van der Waals surface area (Å²) in [5.74, 6) is 1.35. The fraction of sp³-hybridized carbons (Fsp3) is 0.579. The highest BCUT2D eigenvalue weighted by Crippen LogP contribution is 2.29. The Morgan fingerprint density at radius 1 is 1.36 bits per heavy atom. The number of piperidine rings is 1. The number of ether oxygens (including phenoxy) is 1. The molecule has 0 spiro atoms. The third kappa shape index (κ3) is 7.34. The number of aromatic hydroxyl groups is 1. The second kappa shape index (κ2) is 12.7. The number of guanidine groups is 1. The lowest BCUT2D eigenvalue weighted by Gasteiger charge is -2.32. The Hall–Kier alpha value is -1.75. The van der Waals surface area contributed by atoms with Gasteiger partial charge >= 0.3 is 0 Å². The summed E-state index contributed by atoms with van der Waals surface area (Å²) in [6.07, 6.45) is 1.90. The Morgan fingerprint density at radius 3 is 2.68 bits per heavy atom. The molecule has 4 N–H and O–H groups in total. The van der Waals surface area contributed by atoms with Crippen LogP contribution < -0.4 is 20.7 Å². The standard InChI is InChI=1S/C19H31N5O3.HI/c1-4-21-19(22-12-14-6-5-7-16(27-3)18(14)26)23-15-8-10-24(11-9-15)13-17(25)20-2;/h5-7,15,26H,4,8-13H2,1-3H3,(H,20,25)(H2,21,22,23);1H. The lowest BCUT2D eigenvalue weighted by Crippen LogP contribution is -2.50. The molecule has 0 atom stereocenters. The smallest absolute Gasteiger partial charge is 0.233 e. The fourth-order valence-corrected chi connectivity index (χ4v) is 3.06. The van der Waals surface area contributed by atoms with E-state index in [2.05, 4.69) is 25.8 Å². The number of phenols is 1. The number of hydrogen-bond donors (Lipinski definition) is 4. The van der Waals surface area contributed by atoms with Gasteiger partial charge < -0.3 is 25.8 Å². The summed E-state index contributed by atoms with van der Waals surface area (Å²) >= 11 is 0. The predicted octanol–water partition coefficient (Wildman–Crippen LogP) is 1.28. The van der Waals surface area contributed by atoms with E-state index in [1.54, 1.807) is 13.1 Å². The number of rotatable bonds is 7. The summed E-state index contributed by atoms with van der Waals surface area (Å²) in [5, 5.41) is 19.6. The number of hydrogen-bond acceptors (Lipinski definition) is 5. The molecule has 0 aliphatic carbocycles. The van der Waals surface area contributed by atoms with Crippen molar-refractivity contribution in [2.45, 2.75) is 32.4 Å². The minimum Gasteiger partial charge on any atom is -0.504 e. The van der Waals surface area contributed by atoms with Crippen molar-refractivity contribution >= 4 is 35.8 Å². The quantitative estimate of drug-likeness (QED) is 0.253. The lowest BCUT2D eigenvalue weighted by atomic mass is 10.1. The van der Waals surface area contributed by atoms with E-state index in [1.807, 2.05) is 19.1 Å². The van der Waals surface area contributed by atoms with Crippen molar-refractivity contribution in [2.24, 2.45) is 4.99 Å². The molecule has 1 aromatic rings. The van der Waals surface area contributed by atoms with Gasteiger partial charge in [-0.25, -0.2) is 4.99 Å². The average Bonchev–Trinajstić information content (AvgIpc) is 2.68. The summed E-state index contributed by atoms with van der Waals surface area (Å²) in [6, 6.07) is 5.70. The number of amides is 1. The number of halogens is 1. The SMILES string of the molecule is CCNC(=NCc1cccc(OC)c1O)NC1CCN(CC(=O)NC)CC1.I. The van der Waals surface area contributed by atoms with Crippen LogP contribution in [0, 0.1) is 0 Å². The molecule has 0 unspecified atom stereocenters. The van der Waals surface area contributed by atoms with Crippen LogP contribution in [-0.4, -0.2) is 68.3 Å². The van der Waals surface area contributed by atoms with Crippen LogP contribution in [0.1, 0.15) is 25.3 Å². The Kier molecular flexibility index (Phi) is 11.0. The maximum absolute atomic E-state index is 11.5. The molecule has 0 bridgehead atoms. The van der Waals surface area contributed by atoms with Gasteiger partial charge in [0.25, 0.3) is 0 Å². The summed E-state index contributed by atoms with van der Waals surface area (Å²) in [6.45, 7) is 5.33. The molecule has 158 valence electrons. The van der Waals surface area contributed by atoms with Crippen LogP contribution in [0.4, 0.5) is 0 Å². The van der Waals surface area contributed by atoms with Crippen LogP contribution in [0.2, 0.25) is 0 Å². The Morgan fingerprint density at radius 2 is 2.07 bits per heavy atom. The second-order valence-electron chi connectivity index (χ2n) is 6.53. The molecular weight excluding hydrogens is 473 g/mol. The summed E-state index contributed by atoms with van der Waals surface area (Å²) in [4.78, 5) is 18.2. The number of benzene rings is 1. The van der Waals surface area contributed by atoms with Gasteiger partial charge in [-0.1, -0.05) is 12.1 Å². The third-order valence-electron chi connectivity index (χ3n) is 4.63. The Labute approximate surface area is 184 Å². The highest BCUT2D eigenvalue weighted by Gasteiger charge is 2.21. The minimum atomic E-state index is 0. The topological polar surface area (TPSA) is 98.2 Å². The molecule has 1 aromatic carbocycles. The van der Waals surface area contributed by atoms with Crippen LogP contribution in [0.5, 0.6) is 11.5 Å². The molecule has 9 heteroatoms. The highest BCUT2D eigenvalue weighted by atomic mass is 127. The highest BCUT2D eigenvalue weighted by molar-refractivity contribution is 14.0. The first-order chi connectivity index (χ1) is 13.1. The van der Waals surface area contributed by atoms with Crippen molar-refractivity contribution in [3.63, 3.8) is 0 Å². The second-order valence-corrected chi connectivity index (χ2v) is 6.53. The summed E-state index contributed by atoms with van der Waals surface area (Å²) in [7, 11) is 3.19. The first-order valence-corrected chi connectivity index (χ1v) is 9.40. The van der Waals surface area contributed by atoms with E-state index < -0.39 is 0 Å². The number of para-hydroxylation sites is 1. The average molecular weight is 505 g/mol. The van der Waals surface area contributed by atoms with Gasteiger partial charge in [0.2, 0.25) is 5.91 Å². The van der Waals surface area contributed by atoms with Gasteiger partial charge in [0, 0.05) is 38.3 Å². The van der Waals surface area contributed by atoms with E-state index in [-0.39, 0.29) is 35.6 Å². The number of phenolic OH excluding ortho intramolecular Hbond substituents is 1. The molecule has 1 heterocycles. The maximum atomic E-state index is 11.5. The zero-order valence-electron chi connectivity index (χ0n) is 16.8. The largest absolute Gasteiger partial charge is 0.504 e. The van der Waals surface area contributed by atoms with Crippen LogP contribution >= 0.6 is 24.0 Å². The summed E-state index contributed by atoms with van der Waals surface area (Å²) < 4.78 is 5.14. The van der Waals surface area contributed by atoms with Gasteiger partial charge in [0.1, 0.15) is 0 Å². The molecule has 1 amide bonds. The lowest BCUT2D eigenvalue weighted by molar-refractivity contribution is -0.122. The Balaban J connectivity index is 0.00000392. The van der Waals surface area contributed by atoms with Crippen LogP contribution in [-0.2, 0) is 11.3 Å². The molecule has 1 saturated heterocycles. The van der Waals surface area contributed by atoms with Crippen molar-refractivity contribution in [2.75, 3.05) is 40.3 Å². The van der Waals surface area contributed by atoms with E-state index in [4.69, 9.17) is 4.74 Å². The first-order valence-electron chi connectivity index (χ1n) is 9.40. The molecule has 1 aliphatic heterocycles. The number of nitrogens with zero attached hydrogens (tertiary/aromatic N) is 2. The number of nitrogens with one attached hydrogen (secondary N) is 3. The minimum absolute atomic E-state index is 0. The molecule has 2 rings (SSSR count). The number of likely N-dealkylation sites (N-methyl/N-ethyl adjacent to an activating group) is 1. The number of likely N-dealkylation sites (tertiary alicyclic amines) is 1. The number of carbonyl (C=O) groups excluding carboxylic acids is 1. The molecule has 28 heavy (non-hydrogen) atoms. The number of carbonyl (C=O) groups is 1. The molecule has 0 saturated carbocycles. The molecule has 0 aromatic heterocycles. The zero-order chi connectivity index (χ0) is 19.6. The van der Waals surface area contributed by atoms with Crippen molar-refractivity contribution in [3.05, 3.63) is 23.8 Å². The van der Waals surface area contributed by atoms with Gasteiger partial charge in [-0.3, -0.25) is 9.69 Å². The van der Waals surface area contributed by atoms with E-state index in [0.29, 0.717) is 30.4 Å². The van der Waals surface area contributed by atoms with E-state index in [0.717, 1.165) is 38.4 Å². The monoisotopic (exact) mass is 505 g/mol. The van der Waals surface area contributed by atoms with Crippen molar-refractivity contribution < 1.29 is 14.6 Å². The Bertz CT molecular complexity index is 648. The fourth-order valence-electron chi connectivity index (χ4n) is 3.06. The van der Waals surface area contributed by atoms with Crippen LogP contribution in [0.25, 0.3) is 0 Å². The normalized spacial score (nSPS) is 15.5. The molecule has 1 aliphatic rings. The van der Waals surface area contributed by atoms with Gasteiger partial charge in [-0.05, 0) is 25.8 Å². The van der Waals surface area contributed by atoms with E-state index in [9.17, 15) is 9.90 Å². The molecule has 1 fully saturated rings. The maximum Gasteiger partial charge on any atom is 0.233 e. The number of aliphatic imine (C=N–C) groups is 1. The summed E-state index contributed by atoms with van der Waals surface area (Å²) in [5.41, 5.74) is 0.715. The zero-order valence-corrected chi connectivity index (χ0v) is 19.2. The molecule has 8 nitrogen and oxygen atoms in total. The van der Waals surface area contributed by atoms with Gasteiger partial charge in [-0.15, -0.1) is 24.0 Å². The van der Waals surface area contributed by atoms with Crippen LogP contribution in [0.3, 0.4) is 0 Å². The van der Waals surface area contributed by atoms with Crippen molar-refractivity contribution in [1.82, 2.24) is 20.9 Å². The van der Waals surface area contributed by atoms with Crippen molar-refractivity contribution in [3.8, 4) is 11.5 Å². The third-order valence-corrected chi connectivity index (χ3v) is 4.63. The van der Waals surface area contributed by atoms with Crippen molar-refractivity contribution in [1.29, 1.82) is 0 Å². The predicted molar refractivity (Wildman–Crippen MR) is 122 cm³/mol. The van der Waals surface area contributed by atoms with Gasteiger partial charge in [0.15, 0.2) is 17.5 Å². The van der Waals surface area contributed by atoms with E-state index in [1.165, 1.54) is 7.11 Å². The van der Waals surface area contributed by atoms with E-state index >= 15 is 0 Å². The van der Waals surface area contributed by atoms with Crippen LogP contribution in [0.15, 0.2) is 23.2 Å². The first kappa shape index (κ1) is 24.3. The molecule has 0 radical (unpaired) electrons. The van der Waals surface area contributed by atoms with Gasteiger partial charge in [-0.2, -0.15) is 0 Å². The molecular formula is C19H32IN5O3. The van der Waals surface area contributed by atoms with Gasteiger partial charge in [0.05, 0.1) is 20.2 Å². The number of methoxy groups -OCH3 is 1.